The lowest BCUT2D eigenvalue weighted by molar-refractivity contribution is -0.139. The monoisotopic (exact) mass is 356 g/mol. The number of aryl methyl sites for hydroxylation is 1. The molecular formula is C20H21FN2O3. The second kappa shape index (κ2) is 8.10. The zero-order valence-electron chi connectivity index (χ0n) is 14.6. The van der Waals surface area contributed by atoms with E-state index in [0.717, 1.165) is 5.56 Å². The van der Waals surface area contributed by atoms with Gasteiger partial charge < -0.3 is 15.0 Å². The molecular weight excluding hydrogens is 335 g/mol. The van der Waals surface area contributed by atoms with Gasteiger partial charge in [0.25, 0.3) is 5.91 Å². The van der Waals surface area contributed by atoms with E-state index in [9.17, 15) is 14.0 Å². The fourth-order valence-electron chi connectivity index (χ4n) is 3.07. The van der Waals surface area contributed by atoms with E-state index in [1.54, 1.807) is 29.2 Å². The van der Waals surface area contributed by atoms with E-state index in [1.165, 1.54) is 12.1 Å². The van der Waals surface area contributed by atoms with Gasteiger partial charge in [0, 0.05) is 12.1 Å². The summed E-state index contributed by atoms with van der Waals surface area (Å²) in [6.45, 7) is 2.86. The molecule has 1 heterocycles. The first-order valence-electron chi connectivity index (χ1n) is 8.53. The second-order valence-electron chi connectivity index (χ2n) is 6.23. The Bertz CT molecular complexity index is 809. The molecule has 1 fully saturated rings. The number of nitrogens with one attached hydrogen (secondary N) is 1. The van der Waals surface area contributed by atoms with Gasteiger partial charge in [-0.2, -0.15) is 0 Å². The number of halogens is 1. The van der Waals surface area contributed by atoms with Gasteiger partial charge >= 0.3 is 0 Å². The molecule has 0 saturated carbocycles. The molecule has 0 radical (unpaired) electrons. The van der Waals surface area contributed by atoms with E-state index in [0.29, 0.717) is 30.9 Å². The molecule has 1 saturated heterocycles. The van der Waals surface area contributed by atoms with E-state index in [4.69, 9.17) is 4.74 Å². The molecule has 1 unspecified atom stereocenters. The van der Waals surface area contributed by atoms with Gasteiger partial charge in [0.05, 0.1) is 25.8 Å². The fourth-order valence-corrected chi connectivity index (χ4v) is 3.07. The molecule has 0 spiro atoms. The minimum absolute atomic E-state index is 0.112. The first-order chi connectivity index (χ1) is 12.6. The van der Waals surface area contributed by atoms with E-state index in [2.05, 4.69) is 5.32 Å². The van der Waals surface area contributed by atoms with Gasteiger partial charge in [-0.3, -0.25) is 9.59 Å². The van der Waals surface area contributed by atoms with Crippen LogP contribution in [0.4, 0.5) is 4.39 Å². The molecule has 2 aromatic rings. The van der Waals surface area contributed by atoms with Gasteiger partial charge in [0.2, 0.25) is 5.91 Å². The van der Waals surface area contributed by atoms with Crippen molar-refractivity contribution < 1.29 is 18.7 Å². The predicted octanol–water partition coefficient (Wildman–Crippen LogP) is 2.46. The number of hydrogen-bond donors (Lipinski definition) is 1. The van der Waals surface area contributed by atoms with Crippen LogP contribution in [-0.4, -0.2) is 43.0 Å². The van der Waals surface area contributed by atoms with E-state index in [1.807, 2.05) is 19.1 Å². The van der Waals surface area contributed by atoms with Gasteiger partial charge in [0.1, 0.15) is 5.82 Å². The lowest BCUT2D eigenvalue weighted by atomic mass is 10.0. The quantitative estimate of drug-likeness (QED) is 0.916. The smallest absolute Gasteiger partial charge is 0.251 e. The number of hydrogen-bond acceptors (Lipinski definition) is 3. The second-order valence-corrected chi connectivity index (χ2v) is 6.23. The summed E-state index contributed by atoms with van der Waals surface area (Å²) in [5.74, 6) is -0.857. The van der Waals surface area contributed by atoms with Gasteiger partial charge in [-0.1, -0.05) is 30.3 Å². The number of ether oxygens (including phenoxy) is 1. The minimum atomic E-state index is -0.359. The maximum Gasteiger partial charge on any atom is 0.251 e. The lowest BCUT2D eigenvalue weighted by Crippen LogP contribution is -2.47. The molecule has 2 amide bonds. The van der Waals surface area contributed by atoms with Gasteiger partial charge in [-0.15, -0.1) is 0 Å². The summed E-state index contributed by atoms with van der Waals surface area (Å²) in [6, 6.07) is 13.0. The molecule has 1 atom stereocenters. The molecule has 1 aliphatic rings. The number of carbonyl (C=O) groups excluding carboxylic acids is 2. The highest BCUT2D eigenvalue weighted by Crippen LogP contribution is 2.24. The number of nitrogens with zero attached hydrogens (tertiary/aromatic N) is 1. The number of amides is 2. The summed E-state index contributed by atoms with van der Waals surface area (Å²) >= 11 is 0. The van der Waals surface area contributed by atoms with Crippen molar-refractivity contribution in [2.75, 3.05) is 26.3 Å². The predicted molar refractivity (Wildman–Crippen MR) is 95.2 cm³/mol. The Morgan fingerprint density at radius 1 is 1.23 bits per heavy atom. The number of benzene rings is 2. The molecule has 136 valence electrons. The van der Waals surface area contributed by atoms with Crippen LogP contribution in [0.1, 0.15) is 27.5 Å². The van der Waals surface area contributed by atoms with Crippen LogP contribution in [0, 0.1) is 12.7 Å². The summed E-state index contributed by atoms with van der Waals surface area (Å²) < 4.78 is 19.0. The SMILES string of the molecule is Cc1ccccc1C(=O)NCC(=O)N1CCOCC1c1cccc(F)c1. The van der Waals surface area contributed by atoms with Crippen LogP contribution in [0.25, 0.3) is 0 Å². The van der Waals surface area contributed by atoms with Crippen molar-refractivity contribution in [1.29, 1.82) is 0 Å². The molecule has 0 aromatic heterocycles. The zero-order valence-corrected chi connectivity index (χ0v) is 14.6. The number of carbonyl (C=O) groups is 2. The summed E-state index contributed by atoms with van der Waals surface area (Å²) in [4.78, 5) is 26.6. The van der Waals surface area contributed by atoms with E-state index < -0.39 is 0 Å². The summed E-state index contributed by atoms with van der Waals surface area (Å²) in [5.41, 5.74) is 2.08. The van der Waals surface area contributed by atoms with Gasteiger partial charge in [-0.05, 0) is 36.2 Å². The molecule has 5 nitrogen and oxygen atoms in total. The van der Waals surface area contributed by atoms with Crippen LogP contribution in [0.2, 0.25) is 0 Å². The number of rotatable bonds is 4. The average molecular weight is 356 g/mol. The third kappa shape index (κ3) is 4.08. The summed E-state index contributed by atoms with van der Waals surface area (Å²) in [7, 11) is 0. The van der Waals surface area contributed by atoms with Crippen LogP contribution in [0.15, 0.2) is 48.5 Å². The Balaban J connectivity index is 1.67. The zero-order chi connectivity index (χ0) is 18.5. The van der Waals surface area contributed by atoms with E-state index >= 15 is 0 Å². The van der Waals surface area contributed by atoms with Crippen LogP contribution >= 0.6 is 0 Å². The maximum absolute atomic E-state index is 13.5. The minimum Gasteiger partial charge on any atom is -0.377 e. The Kier molecular flexibility index (Phi) is 5.63. The Hall–Kier alpha value is -2.73. The first kappa shape index (κ1) is 18.1. The first-order valence-corrected chi connectivity index (χ1v) is 8.53. The van der Waals surface area contributed by atoms with Crippen LogP contribution in [0.3, 0.4) is 0 Å². The molecule has 2 aromatic carbocycles. The number of morpholine rings is 1. The summed E-state index contributed by atoms with van der Waals surface area (Å²) in [6.07, 6.45) is 0. The Morgan fingerprint density at radius 3 is 2.81 bits per heavy atom. The highest BCUT2D eigenvalue weighted by molar-refractivity contribution is 5.97. The van der Waals surface area contributed by atoms with Gasteiger partial charge in [-0.25, -0.2) is 4.39 Å². The third-order valence-corrected chi connectivity index (χ3v) is 4.47. The van der Waals surface area contributed by atoms with Crippen LogP contribution in [0.5, 0.6) is 0 Å². The highest BCUT2D eigenvalue weighted by atomic mass is 19.1. The maximum atomic E-state index is 13.5. The summed E-state index contributed by atoms with van der Waals surface area (Å²) in [5, 5.41) is 2.68. The largest absolute Gasteiger partial charge is 0.377 e. The van der Waals surface area contributed by atoms with Crippen molar-refractivity contribution in [2.45, 2.75) is 13.0 Å². The molecule has 1 N–H and O–H groups in total. The van der Waals surface area contributed by atoms with Crippen molar-refractivity contribution in [3.63, 3.8) is 0 Å². The Labute approximate surface area is 151 Å². The molecule has 6 heteroatoms. The van der Waals surface area contributed by atoms with Crippen molar-refractivity contribution in [3.05, 3.63) is 71.0 Å². The van der Waals surface area contributed by atoms with Crippen molar-refractivity contribution in [1.82, 2.24) is 10.2 Å². The Morgan fingerprint density at radius 2 is 2.04 bits per heavy atom. The van der Waals surface area contributed by atoms with Crippen LogP contribution < -0.4 is 5.32 Å². The van der Waals surface area contributed by atoms with Crippen molar-refractivity contribution >= 4 is 11.8 Å². The van der Waals surface area contributed by atoms with Crippen molar-refractivity contribution in [3.8, 4) is 0 Å². The molecule has 0 aliphatic carbocycles. The fraction of sp³-hybridized carbons (Fsp3) is 0.300. The molecule has 0 bridgehead atoms. The van der Waals surface area contributed by atoms with Crippen LogP contribution in [-0.2, 0) is 9.53 Å². The van der Waals surface area contributed by atoms with E-state index in [-0.39, 0.29) is 30.2 Å². The third-order valence-electron chi connectivity index (χ3n) is 4.47. The average Bonchev–Trinajstić information content (AvgIpc) is 2.66. The van der Waals surface area contributed by atoms with Gasteiger partial charge in [0.15, 0.2) is 0 Å². The molecule has 3 rings (SSSR count). The molecule has 1 aliphatic heterocycles. The highest BCUT2D eigenvalue weighted by Gasteiger charge is 2.29. The lowest BCUT2D eigenvalue weighted by Gasteiger charge is -2.36. The van der Waals surface area contributed by atoms with Crippen molar-refractivity contribution in [2.24, 2.45) is 0 Å². The molecule has 26 heavy (non-hydrogen) atoms. The normalized spacial score (nSPS) is 17.0. The standard InChI is InChI=1S/C20H21FN2O3/c1-14-5-2-3-8-17(14)20(25)22-12-19(24)23-9-10-26-13-18(23)15-6-4-7-16(21)11-15/h2-8,11,18H,9-10,12-13H2,1H3,(H,22,25). The topological polar surface area (TPSA) is 58.6 Å².